The number of benzene rings is 3. The lowest BCUT2D eigenvalue weighted by atomic mass is 9.95. The second kappa shape index (κ2) is 14.6. The molecule has 1 atom stereocenters. The van der Waals surface area contributed by atoms with Crippen molar-refractivity contribution in [3.8, 4) is 0 Å². The van der Waals surface area contributed by atoms with Crippen LogP contribution in [0.25, 0.3) is 0 Å². The number of sulfonamides is 1. The summed E-state index contributed by atoms with van der Waals surface area (Å²) in [7, 11) is -4.13. The molecule has 0 saturated heterocycles. The molecule has 0 aromatic heterocycles. The summed E-state index contributed by atoms with van der Waals surface area (Å²) in [6.07, 6.45) is 5.40. The van der Waals surface area contributed by atoms with Gasteiger partial charge in [0.15, 0.2) is 0 Å². The Morgan fingerprint density at radius 1 is 0.907 bits per heavy atom. The van der Waals surface area contributed by atoms with E-state index in [1.807, 2.05) is 26.8 Å². The normalized spacial score (nSPS) is 14.6. The van der Waals surface area contributed by atoms with Crippen molar-refractivity contribution < 1.29 is 18.0 Å². The predicted molar refractivity (Wildman–Crippen MR) is 173 cm³/mol. The van der Waals surface area contributed by atoms with Gasteiger partial charge in [-0.2, -0.15) is 0 Å². The van der Waals surface area contributed by atoms with Crippen LogP contribution >= 0.6 is 23.2 Å². The van der Waals surface area contributed by atoms with Crippen molar-refractivity contribution >= 4 is 50.7 Å². The van der Waals surface area contributed by atoms with Gasteiger partial charge in [-0.25, -0.2) is 8.42 Å². The van der Waals surface area contributed by atoms with Crippen molar-refractivity contribution in [1.82, 2.24) is 10.2 Å². The van der Waals surface area contributed by atoms with Crippen molar-refractivity contribution in [2.75, 3.05) is 10.8 Å². The van der Waals surface area contributed by atoms with E-state index in [9.17, 15) is 18.0 Å². The number of carbonyl (C=O) groups is 2. The SMILES string of the molecule is CCC(C(=O)NC1CCCCC1)N(Cc1ccc(Cl)c(Cl)c1)C(=O)CN(c1cc(C)cc(C)c1)S(=O)(=O)c1ccccc1. The fraction of sp³-hybridized carbons (Fsp3) is 0.394. The van der Waals surface area contributed by atoms with Gasteiger partial charge in [-0.3, -0.25) is 13.9 Å². The molecule has 230 valence electrons. The van der Waals surface area contributed by atoms with Gasteiger partial charge in [0.2, 0.25) is 11.8 Å². The molecular weight excluding hydrogens is 605 g/mol. The number of carbonyl (C=O) groups excluding carboxylic acids is 2. The summed E-state index contributed by atoms with van der Waals surface area (Å²) < 4.78 is 29.2. The molecule has 0 spiro atoms. The first-order valence-electron chi connectivity index (χ1n) is 14.7. The average molecular weight is 645 g/mol. The Kier molecular flexibility index (Phi) is 11.2. The Bertz CT molecular complexity index is 1520. The molecular formula is C33H39Cl2N3O4S. The molecule has 3 aromatic rings. The lowest BCUT2D eigenvalue weighted by molar-refractivity contribution is -0.140. The van der Waals surface area contributed by atoms with Gasteiger partial charge < -0.3 is 10.2 Å². The highest BCUT2D eigenvalue weighted by molar-refractivity contribution is 7.92. The molecule has 7 nitrogen and oxygen atoms in total. The number of halogens is 2. The Labute approximate surface area is 265 Å². The molecule has 2 amide bonds. The van der Waals surface area contributed by atoms with Crippen LogP contribution in [0.1, 0.15) is 62.1 Å². The van der Waals surface area contributed by atoms with E-state index < -0.39 is 28.5 Å². The van der Waals surface area contributed by atoms with Crippen molar-refractivity contribution in [3.05, 3.63) is 93.5 Å². The zero-order valence-corrected chi connectivity index (χ0v) is 27.2. The van der Waals surface area contributed by atoms with Gasteiger partial charge in [0.25, 0.3) is 10.0 Å². The second-order valence-corrected chi connectivity index (χ2v) is 13.9. The first-order chi connectivity index (χ1) is 20.5. The molecule has 3 aromatic carbocycles. The summed E-state index contributed by atoms with van der Waals surface area (Å²) in [5.74, 6) is -0.748. The fourth-order valence-corrected chi connectivity index (χ4v) is 7.38. The number of amides is 2. The molecule has 0 heterocycles. The number of anilines is 1. The monoisotopic (exact) mass is 643 g/mol. The first-order valence-corrected chi connectivity index (χ1v) is 16.9. The Morgan fingerprint density at radius 3 is 2.16 bits per heavy atom. The smallest absolute Gasteiger partial charge is 0.264 e. The molecule has 1 aliphatic carbocycles. The molecule has 0 aliphatic heterocycles. The summed E-state index contributed by atoms with van der Waals surface area (Å²) in [5, 5.41) is 3.86. The lowest BCUT2D eigenvalue weighted by Crippen LogP contribution is -2.54. The molecule has 0 bridgehead atoms. The van der Waals surface area contributed by atoms with Gasteiger partial charge in [0.1, 0.15) is 12.6 Å². The van der Waals surface area contributed by atoms with Crippen LogP contribution in [-0.2, 0) is 26.2 Å². The zero-order valence-electron chi connectivity index (χ0n) is 24.9. The Morgan fingerprint density at radius 2 is 1.56 bits per heavy atom. The maximum Gasteiger partial charge on any atom is 0.264 e. The van der Waals surface area contributed by atoms with E-state index >= 15 is 0 Å². The molecule has 1 unspecified atom stereocenters. The fourth-order valence-electron chi connectivity index (χ4n) is 5.64. The minimum atomic E-state index is -4.13. The van der Waals surface area contributed by atoms with Gasteiger partial charge in [0.05, 0.1) is 20.6 Å². The highest BCUT2D eigenvalue weighted by atomic mass is 35.5. The highest BCUT2D eigenvalue weighted by Gasteiger charge is 2.34. The van der Waals surface area contributed by atoms with Crippen LogP contribution in [0.5, 0.6) is 0 Å². The highest BCUT2D eigenvalue weighted by Crippen LogP contribution is 2.28. The standard InChI is InChI=1S/C33H39Cl2N3O4S/c1-4-31(33(40)36-26-11-7-5-8-12-26)37(21-25-15-16-29(34)30(35)20-25)32(39)22-38(27-18-23(2)17-24(3)19-27)43(41,42)28-13-9-6-10-14-28/h6,9-10,13-20,26,31H,4-5,7-8,11-12,21-22H2,1-3H3,(H,36,40). The summed E-state index contributed by atoms with van der Waals surface area (Å²) in [5.41, 5.74) is 2.78. The molecule has 1 aliphatic rings. The number of nitrogens with one attached hydrogen (secondary N) is 1. The van der Waals surface area contributed by atoms with E-state index in [4.69, 9.17) is 23.2 Å². The van der Waals surface area contributed by atoms with Crippen LogP contribution in [0, 0.1) is 13.8 Å². The van der Waals surface area contributed by atoms with Crippen molar-refractivity contribution in [2.24, 2.45) is 0 Å². The number of aryl methyl sites for hydroxylation is 2. The summed E-state index contributed by atoms with van der Waals surface area (Å²) in [6.45, 7) is 5.17. The van der Waals surface area contributed by atoms with Crippen molar-refractivity contribution in [3.63, 3.8) is 0 Å². The van der Waals surface area contributed by atoms with Crippen molar-refractivity contribution in [1.29, 1.82) is 0 Å². The molecule has 4 rings (SSSR count). The number of hydrogen-bond donors (Lipinski definition) is 1. The minimum absolute atomic E-state index is 0.0540. The Hall–Kier alpha value is -3.07. The predicted octanol–water partition coefficient (Wildman–Crippen LogP) is 7.06. The van der Waals surface area contributed by atoms with E-state index in [1.165, 1.54) is 17.0 Å². The lowest BCUT2D eigenvalue weighted by Gasteiger charge is -2.34. The van der Waals surface area contributed by atoms with Crippen LogP contribution < -0.4 is 9.62 Å². The molecule has 43 heavy (non-hydrogen) atoms. The van der Waals surface area contributed by atoms with Crippen LogP contribution in [0.2, 0.25) is 10.0 Å². The third kappa shape index (κ3) is 8.31. The van der Waals surface area contributed by atoms with Gasteiger partial charge >= 0.3 is 0 Å². The summed E-state index contributed by atoms with van der Waals surface area (Å²) >= 11 is 12.5. The van der Waals surface area contributed by atoms with Gasteiger partial charge in [-0.1, -0.05) is 79.7 Å². The first kappa shape index (κ1) is 32.8. The third-order valence-corrected chi connectivity index (χ3v) is 10.3. The van der Waals surface area contributed by atoms with E-state index in [0.29, 0.717) is 27.7 Å². The third-order valence-electron chi connectivity index (χ3n) is 7.78. The largest absolute Gasteiger partial charge is 0.352 e. The number of hydrogen-bond acceptors (Lipinski definition) is 4. The van der Waals surface area contributed by atoms with Gasteiger partial charge in [-0.05, 0) is 86.2 Å². The second-order valence-electron chi connectivity index (χ2n) is 11.2. The number of nitrogens with zero attached hydrogens (tertiary/aromatic N) is 2. The van der Waals surface area contributed by atoms with Crippen LogP contribution in [-0.4, -0.2) is 43.8 Å². The molecule has 1 N–H and O–H groups in total. The molecule has 10 heteroatoms. The average Bonchev–Trinajstić information content (AvgIpc) is 2.98. The van der Waals surface area contributed by atoms with E-state index in [1.54, 1.807) is 48.5 Å². The molecule has 0 radical (unpaired) electrons. The van der Waals surface area contributed by atoms with E-state index in [-0.39, 0.29) is 23.4 Å². The van der Waals surface area contributed by atoms with E-state index in [0.717, 1.165) is 47.5 Å². The quantitative estimate of drug-likeness (QED) is 0.242. The topological polar surface area (TPSA) is 86.8 Å². The zero-order chi connectivity index (χ0) is 31.1. The molecule has 1 saturated carbocycles. The van der Waals surface area contributed by atoms with E-state index in [2.05, 4.69) is 5.32 Å². The summed E-state index contributed by atoms with van der Waals surface area (Å²) in [6, 6.07) is 17.8. The summed E-state index contributed by atoms with van der Waals surface area (Å²) in [4.78, 5) is 29.5. The van der Waals surface area contributed by atoms with Gasteiger partial charge in [-0.15, -0.1) is 0 Å². The van der Waals surface area contributed by atoms with Crippen LogP contribution in [0.4, 0.5) is 5.69 Å². The van der Waals surface area contributed by atoms with Gasteiger partial charge in [0, 0.05) is 12.6 Å². The van der Waals surface area contributed by atoms with Crippen molar-refractivity contribution in [2.45, 2.75) is 82.8 Å². The maximum atomic E-state index is 14.3. The van der Waals surface area contributed by atoms with Crippen LogP contribution in [0.15, 0.2) is 71.6 Å². The minimum Gasteiger partial charge on any atom is -0.352 e. The van der Waals surface area contributed by atoms with Crippen LogP contribution in [0.3, 0.4) is 0 Å². The number of rotatable bonds is 11. The molecule has 1 fully saturated rings. The Balaban J connectivity index is 1.73. The maximum absolute atomic E-state index is 14.3.